The Morgan fingerprint density at radius 2 is 0.871 bits per heavy atom. The SMILES string of the molecule is CC(C)CS(=O)(=O)CC1CCCCC1.CC(C)NS(=O)(=O)C1CC1.CC(C)NS(=O)(=O)CC1CCCC1.COCCOCCS(=O)(=O)NC(C)C.COCCS(=O)(=O)CC(C)C. The summed E-state index contributed by atoms with van der Waals surface area (Å²) in [5, 5.41) is -0.0881. The van der Waals surface area contributed by atoms with Crippen LogP contribution in [0.25, 0.3) is 0 Å². The second-order valence-corrected chi connectivity index (χ2v) is 28.4. The number of ether oxygens (including phenoxy) is 3. The number of hydrogen-bond donors (Lipinski definition) is 3. The quantitative estimate of drug-likeness (QED) is 0.104. The molecule has 0 aromatic carbocycles. The Bertz CT molecular complexity index is 1690. The highest BCUT2D eigenvalue weighted by molar-refractivity contribution is 7.91. The highest BCUT2D eigenvalue weighted by Crippen LogP contribution is 2.28. The highest BCUT2D eigenvalue weighted by atomic mass is 32.2. The minimum Gasteiger partial charge on any atom is -0.384 e. The fourth-order valence-corrected chi connectivity index (χ4v) is 15.0. The molecule has 62 heavy (non-hydrogen) atoms. The Kier molecular flexibility index (Phi) is 33.9. The maximum atomic E-state index is 11.7. The third kappa shape index (κ3) is 39.8. The molecule has 3 N–H and O–H groups in total. The van der Waals surface area contributed by atoms with Crippen LogP contribution in [0, 0.1) is 23.7 Å². The Labute approximate surface area is 380 Å². The molecular weight excluding hydrogens is 903 g/mol. The average Bonchev–Trinajstić information content (AvgIpc) is 3.84. The third-order valence-electron chi connectivity index (χ3n) is 9.04. The molecular formula is C41H89N3O13S5. The van der Waals surface area contributed by atoms with Gasteiger partial charge in [-0.15, -0.1) is 0 Å². The third-order valence-corrected chi connectivity index (χ3v) is 18.6. The van der Waals surface area contributed by atoms with Gasteiger partial charge in [0.2, 0.25) is 30.1 Å². The minimum absolute atomic E-state index is 0.00507. The van der Waals surface area contributed by atoms with Gasteiger partial charge in [-0.1, -0.05) is 59.8 Å². The van der Waals surface area contributed by atoms with Crippen molar-refractivity contribution in [3.8, 4) is 0 Å². The van der Waals surface area contributed by atoms with E-state index in [9.17, 15) is 42.1 Å². The molecule has 0 atom stereocenters. The van der Waals surface area contributed by atoms with Crippen LogP contribution in [-0.4, -0.2) is 141 Å². The van der Waals surface area contributed by atoms with Crippen molar-refractivity contribution in [2.75, 3.05) is 75.2 Å². The van der Waals surface area contributed by atoms with Gasteiger partial charge in [0.1, 0.15) is 0 Å². The van der Waals surface area contributed by atoms with Crippen molar-refractivity contribution in [2.24, 2.45) is 23.7 Å². The second kappa shape index (κ2) is 33.1. The van der Waals surface area contributed by atoms with E-state index < -0.39 is 49.7 Å². The summed E-state index contributed by atoms with van der Waals surface area (Å²) < 4.78 is 135. The van der Waals surface area contributed by atoms with Gasteiger partial charge in [-0.25, -0.2) is 56.3 Å². The van der Waals surface area contributed by atoms with Gasteiger partial charge < -0.3 is 14.2 Å². The van der Waals surface area contributed by atoms with Crippen molar-refractivity contribution in [2.45, 2.75) is 163 Å². The largest absolute Gasteiger partial charge is 0.384 e. The zero-order valence-electron chi connectivity index (χ0n) is 40.3. The first-order valence-electron chi connectivity index (χ1n) is 22.4. The molecule has 0 bridgehead atoms. The van der Waals surface area contributed by atoms with E-state index in [2.05, 4.69) is 18.9 Å². The summed E-state index contributed by atoms with van der Waals surface area (Å²) >= 11 is 0. The first-order valence-corrected chi connectivity index (χ1v) is 30.9. The summed E-state index contributed by atoms with van der Waals surface area (Å²) in [6, 6.07) is -0.0176. The van der Waals surface area contributed by atoms with E-state index in [4.69, 9.17) is 9.47 Å². The van der Waals surface area contributed by atoms with Gasteiger partial charge in [0.15, 0.2) is 19.7 Å². The highest BCUT2D eigenvalue weighted by Gasteiger charge is 2.35. The predicted octanol–water partition coefficient (Wildman–Crippen LogP) is 5.30. The summed E-state index contributed by atoms with van der Waals surface area (Å²) in [7, 11) is -11.7. The van der Waals surface area contributed by atoms with Crippen LogP contribution in [0.1, 0.15) is 140 Å². The van der Waals surface area contributed by atoms with E-state index in [0.29, 0.717) is 48.9 Å². The smallest absolute Gasteiger partial charge is 0.214 e. The minimum atomic E-state index is -3.18. The van der Waals surface area contributed by atoms with Gasteiger partial charge in [-0.3, -0.25) is 0 Å². The Morgan fingerprint density at radius 1 is 0.452 bits per heavy atom. The van der Waals surface area contributed by atoms with Crippen LogP contribution in [0.15, 0.2) is 0 Å². The molecule has 0 radical (unpaired) electrons. The van der Waals surface area contributed by atoms with Crippen molar-refractivity contribution in [3.63, 3.8) is 0 Å². The fourth-order valence-electron chi connectivity index (χ4n) is 6.62. The molecule has 0 aliphatic heterocycles. The first-order chi connectivity index (χ1) is 28.5. The second-order valence-electron chi connectivity index (χ2n) is 18.4. The van der Waals surface area contributed by atoms with Crippen molar-refractivity contribution in [1.82, 2.24) is 14.2 Å². The molecule has 0 amide bonds. The number of methoxy groups -OCH3 is 2. The zero-order chi connectivity index (χ0) is 48.2. The lowest BCUT2D eigenvalue weighted by molar-refractivity contribution is 0.0784. The summed E-state index contributed by atoms with van der Waals surface area (Å²) in [5.41, 5.74) is 0. The van der Waals surface area contributed by atoms with Gasteiger partial charge in [0.05, 0.1) is 66.2 Å². The van der Waals surface area contributed by atoms with Crippen LogP contribution in [0.3, 0.4) is 0 Å². The summed E-state index contributed by atoms with van der Waals surface area (Å²) in [6.45, 7) is 20.1. The topological polar surface area (TPSA) is 234 Å². The molecule has 0 aromatic heterocycles. The maximum Gasteiger partial charge on any atom is 0.214 e. The number of nitrogens with one attached hydrogen (secondary N) is 3. The maximum absolute atomic E-state index is 11.7. The van der Waals surface area contributed by atoms with Crippen LogP contribution >= 0.6 is 0 Å². The lowest BCUT2D eigenvalue weighted by atomic mass is 9.91. The normalized spacial score (nSPS) is 16.9. The van der Waals surface area contributed by atoms with Gasteiger partial charge in [0, 0.05) is 32.3 Å². The molecule has 376 valence electrons. The van der Waals surface area contributed by atoms with Crippen LogP contribution in [-0.2, 0) is 64.0 Å². The van der Waals surface area contributed by atoms with E-state index in [-0.39, 0.29) is 59.1 Å². The molecule has 0 heterocycles. The first kappa shape index (κ1) is 63.6. The molecule has 3 aliphatic carbocycles. The van der Waals surface area contributed by atoms with Crippen molar-refractivity contribution < 1.29 is 56.3 Å². The van der Waals surface area contributed by atoms with E-state index >= 15 is 0 Å². The lowest BCUT2D eigenvalue weighted by Gasteiger charge is -2.21. The molecule has 3 rings (SSSR count). The Morgan fingerprint density at radius 3 is 1.29 bits per heavy atom. The summed E-state index contributed by atoms with van der Waals surface area (Å²) in [5.74, 6) is 2.84. The van der Waals surface area contributed by atoms with Gasteiger partial charge in [-0.05, 0) is 104 Å². The van der Waals surface area contributed by atoms with Crippen molar-refractivity contribution >= 4 is 49.7 Å². The van der Waals surface area contributed by atoms with Crippen molar-refractivity contribution in [3.05, 3.63) is 0 Å². The lowest BCUT2D eigenvalue weighted by Crippen LogP contribution is -2.34. The number of sulfone groups is 2. The fraction of sp³-hybridized carbons (Fsp3) is 1.00. The molecule has 0 aromatic rings. The van der Waals surface area contributed by atoms with Crippen LogP contribution in [0.4, 0.5) is 0 Å². The molecule has 0 spiro atoms. The molecule has 3 aliphatic rings. The standard InChI is InChI=1S/C11H22O2S.C9H19NO2S.C8H19NO4S.C7H16O3S.C6H13NO2S/c1-10(2)8-14(12,13)9-11-6-4-3-5-7-11;1-8(2)10-13(11,12)7-9-5-3-4-6-9;1-8(2)9-14(10,11)7-6-13-5-4-12-3;1-7(2)6-11(8,9)5-4-10-3;1-5(2)7-10(8,9)6-3-4-6/h10-11H,3-9H2,1-2H3;8-10H,3-7H2,1-2H3;8-9H,4-7H2,1-3H3;7H,4-6H2,1-3H3;5-7H,3-4H2,1-2H3. The summed E-state index contributed by atoms with van der Waals surface area (Å²) in [4.78, 5) is 0. The molecule has 16 nitrogen and oxygen atoms in total. The van der Waals surface area contributed by atoms with Gasteiger partial charge in [-0.2, -0.15) is 0 Å². The van der Waals surface area contributed by atoms with Crippen LogP contribution in [0.2, 0.25) is 0 Å². The number of rotatable bonds is 24. The number of hydrogen-bond acceptors (Lipinski definition) is 13. The van der Waals surface area contributed by atoms with Gasteiger partial charge >= 0.3 is 0 Å². The predicted molar refractivity (Wildman–Crippen MR) is 254 cm³/mol. The molecule has 3 saturated carbocycles. The molecule has 21 heteroatoms. The van der Waals surface area contributed by atoms with Gasteiger partial charge in [0.25, 0.3) is 0 Å². The average molecular weight is 993 g/mol. The van der Waals surface area contributed by atoms with E-state index in [1.54, 1.807) is 21.0 Å². The molecule has 3 fully saturated rings. The Balaban J connectivity index is 0. The van der Waals surface area contributed by atoms with E-state index in [1.165, 1.54) is 39.2 Å². The molecule has 0 saturated heterocycles. The zero-order valence-corrected chi connectivity index (χ0v) is 44.4. The van der Waals surface area contributed by atoms with E-state index in [1.807, 2.05) is 55.4 Å². The van der Waals surface area contributed by atoms with E-state index in [0.717, 1.165) is 38.5 Å². The molecule has 0 unspecified atom stereocenters. The Hall–Kier alpha value is -0.490. The van der Waals surface area contributed by atoms with Crippen LogP contribution in [0.5, 0.6) is 0 Å². The van der Waals surface area contributed by atoms with Crippen molar-refractivity contribution in [1.29, 1.82) is 0 Å². The van der Waals surface area contributed by atoms with Crippen LogP contribution < -0.4 is 14.2 Å². The summed E-state index contributed by atoms with van der Waals surface area (Å²) in [6.07, 6.45) is 12.2. The number of sulfonamides is 3. The monoisotopic (exact) mass is 991 g/mol.